The lowest BCUT2D eigenvalue weighted by molar-refractivity contribution is 0.724. The van der Waals surface area contributed by atoms with Crippen LogP contribution in [-0.4, -0.2) is 37.1 Å². The van der Waals surface area contributed by atoms with Crippen molar-refractivity contribution in [3.05, 3.63) is 34.9 Å². The maximum atomic E-state index is 4.30. The summed E-state index contributed by atoms with van der Waals surface area (Å²) in [4.78, 5) is 4.30. The van der Waals surface area contributed by atoms with E-state index in [0.29, 0.717) is 0 Å². The number of aliphatic imine (C=N–C) groups is 1. The second-order valence-corrected chi connectivity index (χ2v) is 7.17. The Hall–Kier alpha value is -1.16. The maximum absolute atomic E-state index is 4.30. The molecule has 1 saturated heterocycles. The summed E-state index contributed by atoms with van der Waals surface area (Å²) in [7, 11) is 1.84. The van der Waals surface area contributed by atoms with Crippen LogP contribution in [0.25, 0.3) is 0 Å². The van der Waals surface area contributed by atoms with Gasteiger partial charge in [-0.05, 0) is 44.4 Å². The van der Waals surface area contributed by atoms with Gasteiger partial charge in [-0.15, -0.1) is 0 Å². The van der Waals surface area contributed by atoms with E-state index in [1.54, 1.807) is 0 Å². The monoisotopic (exact) mass is 305 g/mol. The highest BCUT2D eigenvalue weighted by molar-refractivity contribution is 8.00. The molecule has 4 heteroatoms. The highest BCUT2D eigenvalue weighted by atomic mass is 32.2. The molecule has 1 aromatic rings. The first-order valence-corrected chi connectivity index (χ1v) is 8.85. The Balaban J connectivity index is 1.72. The van der Waals surface area contributed by atoms with Crippen molar-refractivity contribution in [1.82, 2.24) is 10.6 Å². The molecule has 1 aromatic carbocycles. The summed E-state index contributed by atoms with van der Waals surface area (Å²) in [5.41, 5.74) is 4.07. The molecule has 21 heavy (non-hydrogen) atoms. The summed E-state index contributed by atoms with van der Waals surface area (Å²) >= 11 is 2.07. The molecule has 1 unspecified atom stereocenters. The highest BCUT2D eigenvalue weighted by Crippen LogP contribution is 2.25. The van der Waals surface area contributed by atoms with E-state index in [9.17, 15) is 0 Å². The third kappa shape index (κ3) is 5.62. The van der Waals surface area contributed by atoms with E-state index in [2.05, 4.69) is 59.4 Å². The second-order valence-electron chi connectivity index (χ2n) is 5.76. The lowest BCUT2D eigenvalue weighted by Crippen LogP contribution is -2.40. The number of hydrogen-bond acceptors (Lipinski definition) is 2. The fourth-order valence-corrected chi connectivity index (χ4v) is 3.98. The normalized spacial score (nSPS) is 18.8. The van der Waals surface area contributed by atoms with Gasteiger partial charge in [0, 0.05) is 25.4 Å². The average molecular weight is 305 g/mol. The van der Waals surface area contributed by atoms with Crippen molar-refractivity contribution >= 4 is 17.7 Å². The molecule has 3 nitrogen and oxygen atoms in total. The molecule has 1 aliphatic heterocycles. The van der Waals surface area contributed by atoms with Crippen LogP contribution < -0.4 is 10.6 Å². The van der Waals surface area contributed by atoms with Crippen molar-refractivity contribution in [2.75, 3.05) is 25.9 Å². The van der Waals surface area contributed by atoms with E-state index in [1.807, 2.05) is 7.05 Å². The molecular formula is C17H27N3S. The lowest BCUT2D eigenvalue weighted by Gasteiger charge is -2.15. The minimum Gasteiger partial charge on any atom is -0.356 e. The summed E-state index contributed by atoms with van der Waals surface area (Å²) in [5, 5.41) is 7.60. The smallest absolute Gasteiger partial charge is 0.191 e. The van der Waals surface area contributed by atoms with Crippen molar-refractivity contribution in [2.45, 2.75) is 38.4 Å². The zero-order valence-electron chi connectivity index (χ0n) is 13.4. The lowest BCUT2D eigenvalue weighted by atomic mass is 10.1. The van der Waals surface area contributed by atoms with Crippen LogP contribution in [0.1, 0.15) is 29.5 Å². The molecule has 0 saturated carbocycles. The van der Waals surface area contributed by atoms with Gasteiger partial charge in [0.1, 0.15) is 0 Å². The zero-order valence-corrected chi connectivity index (χ0v) is 14.2. The van der Waals surface area contributed by atoms with Gasteiger partial charge in [0.15, 0.2) is 5.96 Å². The zero-order chi connectivity index (χ0) is 15.1. The van der Waals surface area contributed by atoms with Crippen LogP contribution in [0.3, 0.4) is 0 Å². The highest BCUT2D eigenvalue weighted by Gasteiger charge is 2.15. The molecule has 0 spiro atoms. The van der Waals surface area contributed by atoms with Gasteiger partial charge in [0.05, 0.1) is 0 Å². The Labute approximate surface area is 133 Å². The molecule has 2 N–H and O–H groups in total. The largest absolute Gasteiger partial charge is 0.356 e. The van der Waals surface area contributed by atoms with Crippen LogP contribution >= 0.6 is 11.8 Å². The first-order chi connectivity index (χ1) is 10.2. The van der Waals surface area contributed by atoms with Gasteiger partial charge >= 0.3 is 0 Å². The van der Waals surface area contributed by atoms with Gasteiger partial charge in [0.25, 0.3) is 0 Å². The Morgan fingerprint density at radius 3 is 2.62 bits per heavy atom. The van der Waals surface area contributed by atoms with Crippen molar-refractivity contribution in [3.8, 4) is 0 Å². The quantitative estimate of drug-likeness (QED) is 0.649. The van der Waals surface area contributed by atoms with E-state index >= 15 is 0 Å². The summed E-state index contributed by atoms with van der Waals surface area (Å²) in [5.74, 6) is 2.23. The molecule has 1 atom stereocenters. The maximum Gasteiger partial charge on any atom is 0.191 e. The fourth-order valence-electron chi connectivity index (χ4n) is 2.78. The summed E-state index contributed by atoms with van der Waals surface area (Å²) in [6, 6.07) is 6.75. The molecule has 0 radical (unpaired) electrons. The van der Waals surface area contributed by atoms with Gasteiger partial charge < -0.3 is 10.6 Å². The molecule has 1 aliphatic rings. The van der Waals surface area contributed by atoms with Crippen LogP contribution in [0.2, 0.25) is 0 Å². The molecule has 2 rings (SSSR count). The average Bonchev–Trinajstić information content (AvgIpc) is 2.94. The van der Waals surface area contributed by atoms with Crippen LogP contribution in [-0.2, 0) is 6.42 Å². The molecule has 0 amide bonds. The van der Waals surface area contributed by atoms with E-state index in [4.69, 9.17) is 0 Å². The number of rotatable bonds is 5. The van der Waals surface area contributed by atoms with Crippen molar-refractivity contribution in [1.29, 1.82) is 0 Å². The van der Waals surface area contributed by atoms with Gasteiger partial charge in [0.2, 0.25) is 0 Å². The summed E-state index contributed by atoms with van der Waals surface area (Å²) in [6.45, 7) is 6.25. The van der Waals surface area contributed by atoms with Crippen LogP contribution in [0.15, 0.2) is 23.2 Å². The standard InChI is InChI=1S/C17H27N3S/c1-13-9-14(2)11-15(10-13)6-7-19-17(18-3)20-12-16-5-4-8-21-16/h9-11,16H,4-8,12H2,1-3H3,(H2,18,19,20). The van der Waals surface area contributed by atoms with E-state index < -0.39 is 0 Å². The van der Waals surface area contributed by atoms with Gasteiger partial charge in [-0.1, -0.05) is 29.3 Å². The van der Waals surface area contributed by atoms with Gasteiger partial charge in [-0.2, -0.15) is 11.8 Å². The summed E-state index contributed by atoms with van der Waals surface area (Å²) < 4.78 is 0. The molecule has 0 bridgehead atoms. The van der Waals surface area contributed by atoms with Crippen molar-refractivity contribution in [3.63, 3.8) is 0 Å². The van der Waals surface area contributed by atoms with E-state index in [-0.39, 0.29) is 0 Å². The molecule has 0 aliphatic carbocycles. The third-order valence-electron chi connectivity index (χ3n) is 3.73. The molecular weight excluding hydrogens is 278 g/mol. The first-order valence-electron chi connectivity index (χ1n) is 7.80. The third-order valence-corrected chi connectivity index (χ3v) is 5.13. The van der Waals surface area contributed by atoms with Crippen molar-refractivity contribution in [2.24, 2.45) is 4.99 Å². The van der Waals surface area contributed by atoms with Gasteiger partial charge in [-0.25, -0.2) is 0 Å². The van der Waals surface area contributed by atoms with Crippen LogP contribution in [0, 0.1) is 13.8 Å². The Bertz CT molecular complexity index is 459. The number of thioether (sulfide) groups is 1. The molecule has 1 heterocycles. The predicted molar refractivity (Wildman–Crippen MR) is 94.5 cm³/mol. The number of aryl methyl sites for hydroxylation is 2. The minimum absolute atomic E-state index is 0.753. The topological polar surface area (TPSA) is 36.4 Å². The number of hydrogen-bond donors (Lipinski definition) is 2. The Kier molecular flexibility index (Phi) is 6.43. The molecule has 1 fully saturated rings. The first kappa shape index (κ1) is 16.2. The Morgan fingerprint density at radius 1 is 1.24 bits per heavy atom. The van der Waals surface area contributed by atoms with Gasteiger partial charge in [-0.3, -0.25) is 4.99 Å². The second kappa shape index (κ2) is 8.32. The minimum atomic E-state index is 0.753. The van der Waals surface area contributed by atoms with Crippen LogP contribution in [0.4, 0.5) is 0 Å². The van der Waals surface area contributed by atoms with Crippen molar-refractivity contribution < 1.29 is 0 Å². The number of nitrogens with one attached hydrogen (secondary N) is 2. The predicted octanol–water partition coefficient (Wildman–Crippen LogP) is 2.91. The Morgan fingerprint density at radius 2 is 2.00 bits per heavy atom. The summed E-state index contributed by atoms with van der Waals surface area (Å²) in [6.07, 6.45) is 3.72. The number of nitrogens with zero attached hydrogens (tertiary/aromatic N) is 1. The SMILES string of the molecule is CN=C(NCCc1cc(C)cc(C)c1)NCC1CCCS1. The number of benzene rings is 1. The fraction of sp³-hybridized carbons (Fsp3) is 0.588. The number of guanidine groups is 1. The van der Waals surface area contributed by atoms with E-state index in [1.165, 1.54) is 35.3 Å². The van der Waals surface area contributed by atoms with E-state index in [0.717, 1.165) is 30.7 Å². The molecule has 116 valence electrons. The van der Waals surface area contributed by atoms with Crippen LogP contribution in [0.5, 0.6) is 0 Å². The molecule has 0 aromatic heterocycles.